The molecule has 1 atom stereocenters. The molecule has 0 aliphatic heterocycles. The molecule has 1 aromatic rings. The summed E-state index contributed by atoms with van der Waals surface area (Å²) in [7, 11) is 0. The number of allylic oxidation sites excluding steroid dienone is 1. The molecule has 0 radical (unpaired) electrons. The normalized spacial score (nSPS) is 12.1. The van der Waals surface area contributed by atoms with Crippen LogP contribution in [0, 0.1) is 13.7 Å². The van der Waals surface area contributed by atoms with Crippen LogP contribution in [0.15, 0.2) is 30.9 Å². The fraction of sp³-hybridized carbons (Fsp3) is 0.200. The largest absolute Gasteiger partial charge is 0.282 e. The lowest BCUT2D eigenvalue weighted by molar-refractivity contribution is -0.385. The number of benzene rings is 1. The Balaban J connectivity index is 3.19. The summed E-state index contributed by atoms with van der Waals surface area (Å²) in [5.41, 5.74) is 1.09. The molecule has 1 aromatic carbocycles. The van der Waals surface area contributed by atoms with Crippen molar-refractivity contribution >= 4 is 28.3 Å². The summed E-state index contributed by atoms with van der Waals surface area (Å²) in [5, 5.41) is 10.7. The lowest BCUT2D eigenvalue weighted by Crippen LogP contribution is -1.95. The summed E-state index contributed by atoms with van der Waals surface area (Å²) in [6.45, 7) is 5.62. The molecule has 4 heteroatoms. The topological polar surface area (TPSA) is 43.1 Å². The van der Waals surface area contributed by atoms with E-state index >= 15 is 0 Å². The summed E-state index contributed by atoms with van der Waals surface area (Å²) in [6.07, 6.45) is 1.77. The quantitative estimate of drug-likeness (QED) is 0.371. The maximum Gasteiger partial charge on any atom is 0.282 e. The van der Waals surface area contributed by atoms with Gasteiger partial charge < -0.3 is 0 Å². The van der Waals surface area contributed by atoms with Crippen LogP contribution in [0.2, 0.25) is 0 Å². The Morgan fingerprint density at radius 2 is 2.29 bits per heavy atom. The minimum absolute atomic E-state index is 0.144. The van der Waals surface area contributed by atoms with Crippen LogP contribution in [0.1, 0.15) is 18.4 Å². The van der Waals surface area contributed by atoms with E-state index in [2.05, 4.69) is 6.58 Å². The zero-order chi connectivity index (χ0) is 10.7. The van der Waals surface area contributed by atoms with Crippen LogP contribution in [-0.2, 0) is 0 Å². The molecule has 0 fully saturated rings. The van der Waals surface area contributed by atoms with Gasteiger partial charge in [-0.25, -0.2) is 0 Å². The summed E-state index contributed by atoms with van der Waals surface area (Å²) < 4.78 is 0.660. The monoisotopic (exact) mass is 303 g/mol. The summed E-state index contributed by atoms with van der Waals surface area (Å²) in [5.74, 6) is 0.144. The van der Waals surface area contributed by atoms with E-state index in [0.29, 0.717) is 3.57 Å². The fourth-order valence-corrected chi connectivity index (χ4v) is 1.62. The van der Waals surface area contributed by atoms with Crippen LogP contribution in [0.4, 0.5) is 5.69 Å². The summed E-state index contributed by atoms with van der Waals surface area (Å²) >= 11 is 1.96. The van der Waals surface area contributed by atoms with Crippen molar-refractivity contribution in [2.24, 2.45) is 0 Å². The Hall–Kier alpha value is -0.910. The van der Waals surface area contributed by atoms with Crippen molar-refractivity contribution < 1.29 is 4.92 Å². The number of halogens is 1. The van der Waals surface area contributed by atoms with Gasteiger partial charge in [0.1, 0.15) is 0 Å². The molecular weight excluding hydrogens is 293 g/mol. The lowest BCUT2D eigenvalue weighted by atomic mass is 10.0. The molecule has 74 valence electrons. The van der Waals surface area contributed by atoms with Crippen molar-refractivity contribution in [2.45, 2.75) is 12.8 Å². The number of rotatable bonds is 3. The predicted molar refractivity (Wildman–Crippen MR) is 64.4 cm³/mol. The highest BCUT2D eigenvalue weighted by molar-refractivity contribution is 14.1. The molecule has 0 saturated heterocycles. The Kier molecular flexibility index (Phi) is 3.62. The third kappa shape index (κ3) is 2.31. The highest BCUT2D eigenvalue weighted by Crippen LogP contribution is 2.26. The van der Waals surface area contributed by atoms with Gasteiger partial charge in [0.15, 0.2) is 0 Å². The first-order chi connectivity index (χ1) is 6.56. The zero-order valence-corrected chi connectivity index (χ0v) is 9.89. The van der Waals surface area contributed by atoms with Crippen molar-refractivity contribution in [1.29, 1.82) is 0 Å². The van der Waals surface area contributed by atoms with Crippen LogP contribution in [0.5, 0.6) is 0 Å². The first kappa shape index (κ1) is 11.2. The van der Waals surface area contributed by atoms with Crippen molar-refractivity contribution in [3.63, 3.8) is 0 Å². The van der Waals surface area contributed by atoms with Gasteiger partial charge in [-0.05, 0) is 40.1 Å². The molecule has 1 rings (SSSR count). The second-order valence-electron chi connectivity index (χ2n) is 2.99. The van der Waals surface area contributed by atoms with Gasteiger partial charge in [0.05, 0.1) is 8.49 Å². The molecule has 0 heterocycles. The Morgan fingerprint density at radius 1 is 1.64 bits per heavy atom. The number of nitro groups is 1. The van der Waals surface area contributed by atoms with E-state index in [1.54, 1.807) is 18.2 Å². The average molecular weight is 303 g/mol. The smallest absolute Gasteiger partial charge is 0.258 e. The average Bonchev–Trinajstić information content (AvgIpc) is 2.17. The van der Waals surface area contributed by atoms with Gasteiger partial charge in [0.2, 0.25) is 0 Å². The van der Waals surface area contributed by atoms with Gasteiger partial charge >= 0.3 is 0 Å². The first-order valence-corrected chi connectivity index (χ1v) is 5.20. The van der Waals surface area contributed by atoms with E-state index in [-0.39, 0.29) is 16.5 Å². The van der Waals surface area contributed by atoms with Crippen LogP contribution in [-0.4, -0.2) is 4.92 Å². The highest BCUT2D eigenvalue weighted by Gasteiger charge is 2.13. The van der Waals surface area contributed by atoms with Crippen molar-refractivity contribution in [1.82, 2.24) is 0 Å². The Morgan fingerprint density at radius 3 is 2.79 bits per heavy atom. The molecular formula is C10H10INO2. The van der Waals surface area contributed by atoms with Gasteiger partial charge in [0, 0.05) is 6.07 Å². The molecule has 0 spiro atoms. The Labute approximate surface area is 96.1 Å². The van der Waals surface area contributed by atoms with E-state index in [1.807, 2.05) is 35.6 Å². The van der Waals surface area contributed by atoms with Gasteiger partial charge in [-0.3, -0.25) is 10.1 Å². The zero-order valence-electron chi connectivity index (χ0n) is 7.74. The van der Waals surface area contributed by atoms with Gasteiger partial charge in [-0.15, -0.1) is 6.58 Å². The third-order valence-corrected chi connectivity index (χ3v) is 2.96. The maximum absolute atomic E-state index is 10.7. The van der Waals surface area contributed by atoms with Crippen LogP contribution < -0.4 is 0 Å². The maximum atomic E-state index is 10.7. The molecule has 0 N–H and O–H groups in total. The van der Waals surface area contributed by atoms with E-state index in [9.17, 15) is 10.1 Å². The van der Waals surface area contributed by atoms with E-state index < -0.39 is 0 Å². The standard InChI is InChI=1S/C10H10INO2/c1-3-7(2)8-4-5-9(11)10(6-8)12(13)14/h3-7H,1H2,2H3. The number of hydrogen-bond donors (Lipinski definition) is 0. The van der Waals surface area contributed by atoms with E-state index in [1.165, 1.54) is 0 Å². The molecule has 0 aliphatic rings. The first-order valence-electron chi connectivity index (χ1n) is 4.12. The molecule has 3 nitrogen and oxygen atoms in total. The van der Waals surface area contributed by atoms with Crippen LogP contribution in [0.3, 0.4) is 0 Å². The molecule has 0 saturated carbocycles. The summed E-state index contributed by atoms with van der Waals surface area (Å²) in [4.78, 5) is 10.3. The van der Waals surface area contributed by atoms with Gasteiger partial charge in [0.25, 0.3) is 5.69 Å². The number of nitro benzene ring substituents is 1. The minimum Gasteiger partial charge on any atom is -0.258 e. The van der Waals surface area contributed by atoms with Crippen molar-refractivity contribution in [2.75, 3.05) is 0 Å². The van der Waals surface area contributed by atoms with Crippen LogP contribution >= 0.6 is 22.6 Å². The molecule has 14 heavy (non-hydrogen) atoms. The molecule has 1 unspecified atom stereocenters. The molecule has 0 aliphatic carbocycles. The highest BCUT2D eigenvalue weighted by atomic mass is 127. The van der Waals surface area contributed by atoms with Gasteiger partial charge in [-0.2, -0.15) is 0 Å². The lowest BCUT2D eigenvalue weighted by Gasteiger charge is -2.06. The molecule has 0 bridgehead atoms. The Bertz CT molecular complexity index is 376. The SMILES string of the molecule is C=CC(C)c1ccc(I)c([N+](=O)[O-])c1. The minimum atomic E-state index is -0.360. The van der Waals surface area contributed by atoms with E-state index in [4.69, 9.17) is 0 Å². The van der Waals surface area contributed by atoms with Crippen molar-refractivity contribution in [3.8, 4) is 0 Å². The number of hydrogen-bond acceptors (Lipinski definition) is 2. The third-order valence-electron chi connectivity index (χ3n) is 2.05. The second-order valence-corrected chi connectivity index (χ2v) is 4.15. The van der Waals surface area contributed by atoms with Gasteiger partial charge in [-0.1, -0.05) is 19.1 Å². The van der Waals surface area contributed by atoms with E-state index in [0.717, 1.165) is 5.56 Å². The molecule has 0 amide bonds. The predicted octanol–water partition coefficient (Wildman–Crippen LogP) is 3.49. The second kappa shape index (κ2) is 4.54. The number of nitrogens with zero attached hydrogens (tertiary/aromatic N) is 1. The van der Waals surface area contributed by atoms with Crippen LogP contribution in [0.25, 0.3) is 0 Å². The van der Waals surface area contributed by atoms with Crippen molar-refractivity contribution in [3.05, 3.63) is 50.1 Å². The molecule has 0 aromatic heterocycles. The summed E-state index contributed by atoms with van der Waals surface area (Å²) in [6, 6.07) is 5.25. The fourth-order valence-electron chi connectivity index (χ4n) is 1.09.